The molecule has 1 saturated heterocycles. The van der Waals surface area contributed by atoms with Crippen LogP contribution in [0.5, 0.6) is 0 Å². The van der Waals surface area contributed by atoms with Gasteiger partial charge in [0.25, 0.3) is 0 Å². The molecule has 31 heavy (non-hydrogen) atoms. The van der Waals surface area contributed by atoms with Crippen molar-refractivity contribution in [3.8, 4) is 11.1 Å². The predicted molar refractivity (Wildman–Crippen MR) is 116 cm³/mol. The fourth-order valence-corrected chi connectivity index (χ4v) is 4.45. The monoisotopic (exact) mass is 424 g/mol. The van der Waals surface area contributed by atoms with E-state index >= 15 is 0 Å². The number of aromatic nitrogens is 2. The molecule has 0 unspecified atom stereocenters. The third kappa shape index (κ3) is 3.69. The van der Waals surface area contributed by atoms with E-state index in [0.29, 0.717) is 38.0 Å². The summed E-state index contributed by atoms with van der Waals surface area (Å²) in [7, 11) is 0. The van der Waals surface area contributed by atoms with E-state index in [9.17, 15) is 9.59 Å². The van der Waals surface area contributed by atoms with Gasteiger partial charge in [-0.1, -0.05) is 12.5 Å². The molecule has 0 spiro atoms. The van der Waals surface area contributed by atoms with Crippen LogP contribution in [0.4, 0.5) is 16.2 Å². The molecule has 3 heterocycles. The van der Waals surface area contributed by atoms with Crippen LogP contribution in [0.1, 0.15) is 39.2 Å². The molecule has 2 aromatic rings. The lowest BCUT2D eigenvalue weighted by molar-refractivity contribution is -0.117. The first kappa shape index (κ1) is 20.1. The number of fused-ring (bicyclic) bond motifs is 1. The van der Waals surface area contributed by atoms with Crippen molar-refractivity contribution in [2.75, 3.05) is 36.2 Å². The molecule has 164 valence electrons. The summed E-state index contributed by atoms with van der Waals surface area (Å²) in [6, 6.07) is 5.99. The molecule has 8 nitrogen and oxygen atoms in total. The van der Waals surface area contributed by atoms with Gasteiger partial charge in [-0.3, -0.25) is 14.4 Å². The lowest BCUT2D eigenvalue weighted by atomic mass is 9.86. The summed E-state index contributed by atoms with van der Waals surface area (Å²) in [6.07, 6.45) is 6.94. The quantitative estimate of drug-likeness (QED) is 0.749. The van der Waals surface area contributed by atoms with Crippen molar-refractivity contribution in [2.45, 2.75) is 45.2 Å². The molecule has 1 saturated carbocycles. The average molecular weight is 425 g/mol. The number of rotatable bonds is 4. The molecule has 1 aromatic heterocycles. The standard InChI is InChI=1S/C23H28N4O4/c1-15-10-25(23(29)31-12-17-4-3-5-17)22-8-18(6-7-21(22)27(15)16(2)28)19-9-24-26(11-19)20-13-30-14-20/h6-9,11,15,17,20H,3-5,10,12-14H2,1-2H3/t15-/m0/s1. The lowest BCUT2D eigenvalue weighted by Crippen LogP contribution is -2.51. The van der Waals surface area contributed by atoms with E-state index in [1.165, 1.54) is 6.42 Å². The molecule has 1 aromatic carbocycles. The molecular formula is C23H28N4O4. The number of anilines is 2. The van der Waals surface area contributed by atoms with Crippen molar-refractivity contribution in [1.29, 1.82) is 0 Å². The van der Waals surface area contributed by atoms with Gasteiger partial charge in [-0.15, -0.1) is 0 Å². The van der Waals surface area contributed by atoms with Crippen LogP contribution in [0, 0.1) is 5.92 Å². The van der Waals surface area contributed by atoms with Crippen molar-refractivity contribution >= 4 is 23.4 Å². The SMILES string of the molecule is CC(=O)N1c2ccc(-c3cnn(C4COC4)c3)cc2N(C(=O)OCC2CCC2)C[C@@H]1C. The number of ether oxygens (including phenoxy) is 2. The minimum Gasteiger partial charge on any atom is -0.449 e. The highest BCUT2D eigenvalue weighted by molar-refractivity contribution is 6.03. The highest BCUT2D eigenvalue weighted by atomic mass is 16.6. The topological polar surface area (TPSA) is 76.9 Å². The lowest BCUT2D eigenvalue weighted by Gasteiger charge is -2.40. The molecule has 1 atom stereocenters. The Labute approximate surface area is 181 Å². The van der Waals surface area contributed by atoms with Crippen LogP contribution in [0.25, 0.3) is 11.1 Å². The number of benzene rings is 1. The van der Waals surface area contributed by atoms with Gasteiger partial charge in [-0.05, 0) is 43.4 Å². The van der Waals surface area contributed by atoms with Gasteiger partial charge >= 0.3 is 6.09 Å². The molecule has 2 amide bonds. The van der Waals surface area contributed by atoms with E-state index in [1.54, 1.807) is 16.7 Å². The zero-order valence-corrected chi connectivity index (χ0v) is 18.0. The summed E-state index contributed by atoms with van der Waals surface area (Å²) in [4.78, 5) is 28.8. The summed E-state index contributed by atoms with van der Waals surface area (Å²) < 4.78 is 12.8. The van der Waals surface area contributed by atoms with E-state index in [1.807, 2.05) is 42.2 Å². The van der Waals surface area contributed by atoms with Crippen LogP contribution in [0.2, 0.25) is 0 Å². The van der Waals surface area contributed by atoms with Crippen LogP contribution in [-0.2, 0) is 14.3 Å². The second-order valence-corrected chi connectivity index (χ2v) is 8.83. The smallest absolute Gasteiger partial charge is 0.414 e. The van der Waals surface area contributed by atoms with Crippen LogP contribution >= 0.6 is 0 Å². The Morgan fingerprint density at radius 3 is 2.65 bits per heavy atom. The number of hydrogen-bond acceptors (Lipinski definition) is 5. The van der Waals surface area contributed by atoms with Gasteiger partial charge in [0.2, 0.25) is 5.91 Å². The van der Waals surface area contributed by atoms with Crippen molar-refractivity contribution in [3.05, 3.63) is 30.6 Å². The number of amides is 2. The third-order valence-corrected chi connectivity index (χ3v) is 6.57. The van der Waals surface area contributed by atoms with Gasteiger partial charge in [0.05, 0.1) is 49.5 Å². The highest BCUT2D eigenvalue weighted by Gasteiger charge is 2.35. The number of hydrogen-bond donors (Lipinski definition) is 0. The molecule has 0 radical (unpaired) electrons. The van der Waals surface area contributed by atoms with Gasteiger partial charge in [0.1, 0.15) is 0 Å². The molecule has 5 rings (SSSR count). The van der Waals surface area contributed by atoms with Gasteiger partial charge in [0, 0.05) is 25.2 Å². The molecule has 1 aliphatic carbocycles. The fourth-order valence-electron chi connectivity index (χ4n) is 4.45. The highest BCUT2D eigenvalue weighted by Crippen LogP contribution is 2.39. The van der Waals surface area contributed by atoms with Crippen LogP contribution in [-0.4, -0.2) is 54.2 Å². The summed E-state index contributed by atoms with van der Waals surface area (Å²) in [6.45, 7) is 5.73. The minimum absolute atomic E-state index is 0.0400. The number of carbonyl (C=O) groups is 2. The molecule has 0 bridgehead atoms. The first-order chi connectivity index (χ1) is 15.0. The molecule has 2 aliphatic heterocycles. The van der Waals surface area contributed by atoms with Crippen LogP contribution in [0.15, 0.2) is 30.6 Å². The van der Waals surface area contributed by atoms with E-state index in [4.69, 9.17) is 9.47 Å². The normalized spacial score (nSPS) is 21.3. The molecular weight excluding hydrogens is 396 g/mol. The second-order valence-electron chi connectivity index (χ2n) is 8.83. The van der Waals surface area contributed by atoms with Crippen LogP contribution < -0.4 is 9.80 Å². The van der Waals surface area contributed by atoms with E-state index in [2.05, 4.69) is 5.10 Å². The maximum Gasteiger partial charge on any atom is 0.414 e. The summed E-state index contributed by atoms with van der Waals surface area (Å²) >= 11 is 0. The second kappa shape index (κ2) is 8.00. The maximum atomic E-state index is 13.0. The Hall–Kier alpha value is -2.87. The van der Waals surface area contributed by atoms with E-state index in [0.717, 1.165) is 29.7 Å². The first-order valence-corrected chi connectivity index (χ1v) is 11.0. The van der Waals surface area contributed by atoms with E-state index < -0.39 is 0 Å². The maximum absolute atomic E-state index is 13.0. The summed E-state index contributed by atoms with van der Waals surface area (Å²) in [5.41, 5.74) is 3.34. The van der Waals surface area contributed by atoms with Gasteiger partial charge in [0.15, 0.2) is 0 Å². The Kier molecular flexibility index (Phi) is 5.17. The van der Waals surface area contributed by atoms with Gasteiger partial charge in [-0.2, -0.15) is 5.10 Å². The first-order valence-electron chi connectivity index (χ1n) is 11.0. The minimum atomic E-state index is -0.345. The third-order valence-electron chi connectivity index (χ3n) is 6.57. The van der Waals surface area contributed by atoms with Gasteiger partial charge in [-0.25, -0.2) is 4.79 Å². The Bertz CT molecular complexity index is 995. The van der Waals surface area contributed by atoms with E-state index in [-0.39, 0.29) is 24.1 Å². The Balaban J connectivity index is 1.46. The predicted octanol–water partition coefficient (Wildman–Crippen LogP) is 3.62. The number of nitrogens with zero attached hydrogens (tertiary/aromatic N) is 4. The Morgan fingerprint density at radius 2 is 2.00 bits per heavy atom. The molecule has 8 heteroatoms. The largest absolute Gasteiger partial charge is 0.449 e. The zero-order chi connectivity index (χ0) is 21.5. The molecule has 3 aliphatic rings. The van der Waals surface area contributed by atoms with Crippen molar-refractivity contribution in [2.24, 2.45) is 5.92 Å². The average Bonchev–Trinajstić information content (AvgIpc) is 3.13. The van der Waals surface area contributed by atoms with Crippen molar-refractivity contribution in [3.63, 3.8) is 0 Å². The molecule has 0 N–H and O–H groups in total. The zero-order valence-electron chi connectivity index (χ0n) is 18.0. The van der Waals surface area contributed by atoms with Crippen molar-refractivity contribution < 1.29 is 19.1 Å². The summed E-state index contributed by atoms with van der Waals surface area (Å²) in [5.74, 6) is 0.439. The fraction of sp³-hybridized carbons (Fsp3) is 0.522. The number of carbonyl (C=O) groups excluding carboxylic acids is 2. The van der Waals surface area contributed by atoms with Crippen molar-refractivity contribution in [1.82, 2.24) is 9.78 Å². The molecule has 2 fully saturated rings. The Morgan fingerprint density at radius 1 is 1.19 bits per heavy atom. The summed E-state index contributed by atoms with van der Waals surface area (Å²) in [5, 5.41) is 4.47. The van der Waals surface area contributed by atoms with Gasteiger partial charge < -0.3 is 14.4 Å². The van der Waals surface area contributed by atoms with Crippen LogP contribution in [0.3, 0.4) is 0 Å².